The highest BCUT2D eigenvalue weighted by atomic mass is 16.5. The molecule has 1 aliphatic carbocycles. The topological polar surface area (TPSA) is 42.4 Å². The van der Waals surface area contributed by atoms with Gasteiger partial charge < -0.3 is 9.64 Å². The molecule has 1 aliphatic heterocycles. The Labute approximate surface area is 120 Å². The van der Waals surface area contributed by atoms with Gasteiger partial charge in [0.1, 0.15) is 0 Å². The molecule has 0 radical (unpaired) electrons. The number of carbonyl (C=O) groups excluding carboxylic acids is 1. The predicted molar refractivity (Wildman–Crippen MR) is 76.2 cm³/mol. The number of aromatic nitrogens is 1. The first-order valence-electron chi connectivity index (χ1n) is 7.40. The second-order valence-electron chi connectivity index (χ2n) is 6.16. The fourth-order valence-corrected chi connectivity index (χ4v) is 3.90. The molecular formula is C16H22N2O2. The Kier molecular flexibility index (Phi) is 3.74. The zero-order valence-electron chi connectivity index (χ0n) is 12.0. The van der Waals surface area contributed by atoms with E-state index >= 15 is 0 Å². The van der Waals surface area contributed by atoms with Crippen LogP contribution in [0.15, 0.2) is 24.4 Å². The highest BCUT2D eigenvalue weighted by molar-refractivity contribution is 5.78. The first-order chi connectivity index (χ1) is 9.73. The summed E-state index contributed by atoms with van der Waals surface area (Å²) in [4.78, 5) is 18.7. The lowest BCUT2D eigenvalue weighted by Gasteiger charge is -2.27. The summed E-state index contributed by atoms with van der Waals surface area (Å²) < 4.78 is 5.43. The van der Waals surface area contributed by atoms with Crippen LogP contribution < -0.4 is 0 Å². The molecule has 2 heterocycles. The number of carbonyl (C=O) groups is 1. The summed E-state index contributed by atoms with van der Waals surface area (Å²) in [6.45, 7) is 2.54. The van der Waals surface area contributed by atoms with Crippen molar-refractivity contribution < 1.29 is 9.53 Å². The molecule has 0 unspecified atom stereocenters. The summed E-state index contributed by atoms with van der Waals surface area (Å²) in [5, 5.41) is 0. The molecule has 1 aromatic heterocycles. The second-order valence-corrected chi connectivity index (χ2v) is 6.16. The molecule has 4 nitrogen and oxygen atoms in total. The summed E-state index contributed by atoms with van der Waals surface area (Å²) in [5.74, 6) is 0.823. The summed E-state index contributed by atoms with van der Waals surface area (Å²) in [6, 6.07) is 5.72. The van der Waals surface area contributed by atoms with Crippen LogP contribution in [0.5, 0.6) is 0 Å². The molecular weight excluding hydrogens is 252 g/mol. The maximum atomic E-state index is 12.4. The fraction of sp³-hybridized carbons (Fsp3) is 0.625. The maximum absolute atomic E-state index is 12.4. The van der Waals surface area contributed by atoms with E-state index in [0.717, 1.165) is 25.4 Å². The van der Waals surface area contributed by atoms with Crippen LogP contribution in [0.3, 0.4) is 0 Å². The van der Waals surface area contributed by atoms with Gasteiger partial charge in [-0.15, -0.1) is 0 Å². The van der Waals surface area contributed by atoms with Crippen LogP contribution in [-0.4, -0.2) is 42.6 Å². The molecule has 2 fully saturated rings. The van der Waals surface area contributed by atoms with E-state index in [1.165, 1.54) is 19.3 Å². The van der Waals surface area contributed by atoms with Crippen molar-refractivity contribution in [2.45, 2.75) is 25.7 Å². The van der Waals surface area contributed by atoms with E-state index in [-0.39, 0.29) is 11.3 Å². The largest absolute Gasteiger partial charge is 0.384 e. The number of ether oxygens (including phenoxy) is 1. The Hall–Kier alpha value is -1.42. The molecule has 2 aliphatic rings. The van der Waals surface area contributed by atoms with Gasteiger partial charge in [-0.2, -0.15) is 0 Å². The maximum Gasteiger partial charge on any atom is 0.228 e. The van der Waals surface area contributed by atoms with Crippen molar-refractivity contribution in [3.05, 3.63) is 30.1 Å². The number of hydrogen-bond acceptors (Lipinski definition) is 3. The van der Waals surface area contributed by atoms with E-state index in [9.17, 15) is 4.79 Å². The van der Waals surface area contributed by atoms with Gasteiger partial charge in [0.15, 0.2) is 0 Å². The zero-order valence-corrected chi connectivity index (χ0v) is 12.0. The van der Waals surface area contributed by atoms with Crippen LogP contribution in [0.25, 0.3) is 0 Å². The summed E-state index contributed by atoms with van der Waals surface area (Å²) in [5.41, 5.74) is 1.07. The van der Waals surface area contributed by atoms with Crippen molar-refractivity contribution in [1.82, 2.24) is 9.88 Å². The smallest absolute Gasteiger partial charge is 0.228 e. The Morgan fingerprint density at radius 2 is 2.45 bits per heavy atom. The number of nitrogens with zero attached hydrogens (tertiary/aromatic N) is 2. The standard InChI is InChI=1S/C16H22N2O2/c1-20-12-16-7-4-5-13(16)10-18(11-16)15(19)9-14-6-2-3-8-17-14/h2-3,6,8,13H,4-5,7,9-12H2,1H3/t13-,16+/m1/s1. The van der Waals surface area contributed by atoms with Crippen molar-refractivity contribution in [3.8, 4) is 0 Å². The molecule has 1 amide bonds. The third-order valence-corrected chi connectivity index (χ3v) is 4.88. The lowest BCUT2D eigenvalue weighted by Crippen LogP contribution is -2.35. The van der Waals surface area contributed by atoms with Gasteiger partial charge >= 0.3 is 0 Å². The summed E-state index contributed by atoms with van der Waals surface area (Å²) >= 11 is 0. The highest BCUT2D eigenvalue weighted by Gasteiger charge is 2.50. The molecule has 0 bridgehead atoms. The number of likely N-dealkylation sites (tertiary alicyclic amines) is 1. The first-order valence-corrected chi connectivity index (χ1v) is 7.40. The van der Waals surface area contributed by atoms with Crippen LogP contribution in [0.4, 0.5) is 0 Å². The number of hydrogen-bond donors (Lipinski definition) is 0. The van der Waals surface area contributed by atoms with Gasteiger partial charge in [0.05, 0.1) is 13.0 Å². The Morgan fingerprint density at radius 3 is 3.20 bits per heavy atom. The molecule has 0 aromatic carbocycles. The van der Waals surface area contributed by atoms with Gasteiger partial charge in [-0.25, -0.2) is 0 Å². The monoisotopic (exact) mass is 274 g/mol. The van der Waals surface area contributed by atoms with Crippen molar-refractivity contribution in [3.63, 3.8) is 0 Å². The van der Waals surface area contributed by atoms with E-state index in [1.54, 1.807) is 13.3 Å². The molecule has 1 saturated heterocycles. The van der Waals surface area contributed by atoms with Gasteiger partial charge in [-0.05, 0) is 30.9 Å². The van der Waals surface area contributed by atoms with E-state index in [2.05, 4.69) is 4.98 Å². The van der Waals surface area contributed by atoms with Crippen LogP contribution in [-0.2, 0) is 16.0 Å². The minimum atomic E-state index is 0.202. The average molecular weight is 274 g/mol. The molecule has 4 heteroatoms. The van der Waals surface area contributed by atoms with Gasteiger partial charge in [0, 0.05) is 37.5 Å². The van der Waals surface area contributed by atoms with Gasteiger partial charge in [-0.1, -0.05) is 12.5 Å². The first kappa shape index (κ1) is 13.6. The number of pyridine rings is 1. The average Bonchev–Trinajstić information content (AvgIpc) is 2.97. The Morgan fingerprint density at radius 1 is 1.55 bits per heavy atom. The molecule has 3 rings (SSSR count). The van der Waals surface area contributed by atoms with Crippen LogP contribution in [0.1, 0.15) is 25.0 Å². The van der Waals surface area contributed by atoms with E-state index in [1.807, 2.05) is 23.1 Å². The normalized spacial score (nSPS) is 28.6. The summed E-state index contributed by atoms with van der Waals surface area (Å²) in [7, 11) is 1.77. The SMILES string of the molecule is COC[C@@]12CCC[C@@H]1CN(C(=O)Cc1ccccn1)C2. The molecule has 1 aromatic rings. The fourth-order valence-electron chi connectivity index (χ4n) is 3.90. The minimum Gasteiger partial charge on any atom is -0.384 e. The van der Waals surface area contributed by atoms with E-state index in [4.69, 9.17) is 4.74 Å². The highest BCUT2D eigenvalue weighted by Crippen LogP contribution is 2.48. The quantitative estimate of drug-likeness (QED) is 0.842. The van der Waals surface area contributed by atoms with E-state index < -0.39 is 0 Å². The lowest BCUT2D eigenvalue weighted by atomic mass is 9.82. The lowest BCUT2D eigenvalue weighted by molar-refractivity contribution is -0.130. The third-order valence-electron chi connectivity index (χ3n) is 4.88. The Bertz CT molecular complexity index is 477. The Balaban J connectivity index is 1.66. The molecule has 20 heavy (non-hydrogen) atoms. The minimum absolute atomic E-state index is 0.202. The van der Waals surface area contributed by atoms with Gasteiger partial charge in [0.25, 0.3) is 0 Å². The van der Waals surface area contributed by atoms with Gasteiger partial charge in [-0.3, -0.25) is 9.78 Å². The molecule has 0 N–H and O–H groups in total. The zero-order chi connectivity index (χ0) is 14.0. The molecule has 1 saturated carbocycles. The summed E-state index contributed by atoms with van der Waals surface area (Å²) in [6.07, 6.45) is 5.86. The van der Waals surface area contributed by atoms with Crippen molar-refractivity contribution >= 4 is 5.91 Å². The van der Waals surface area contributed by atoms with Gasteiger partial charge in [0.2, 0.25) is 5.91 Å². The van der Waals surface area contributed by atoms with Crippen LogP contribution in [0, 0.1) is 11.3 Å². The number of rotatable bonds is 4. The number of fused-ring (bicyclic) bond motifs is 1. The van der Waals surface area contributed by atoms with Crippen LogP contribution in [0.2, 0.25) is 0 Å². The third kappa shape index (κ3) is 2.44. The second kappa shape index (κ2) is 5.52. The number of amides is 1. The predicted octanol–water partition coefficient (Wildman–Crippen LogP) is 1.90. The van der Waals surface area contributed by atoms with E-state index in [0.29, 0.717) is 12.3 Å². The van der Waals surface area contributed by atoms with Crippen molar-refractivity contribution in [2.24, 2.45) is 11.3 Å². The molecule has 2 atom stereocenters. The molecule has 108 valence electrons. The molecule has 0 spiro atoms. The van der Waals surface area contributed by atoms with Crippen molar-refractivity contribution in [1.29, 1.82) is 0 Å². The van der Waals surface area contributed by atoms with Crippen molar-refractivity contribution in [2.75, 3.05) is 26.8 Å². The van der Waals surface area contributed by atoms with Crippen LogP contribution >= 0.6 is 0 Å². The number of methoxy groups -OCH3 is 1.